The van der Waals surface area contributed by atoms with Gasteiger partial charge in [-0.3, -0.25) is 9.59 Å². The lowest BCUT2D eigenvalue weighted by Crippen LogP contribution is -2.36. The fraction of sp³-hybridized carbons (Fsp3) is 0.214. The molecular formula is C14H17N5O2. The molecule has 0 saturated heterocycles. The zero-order valence-electron chi connectivity index (χ0n) is 11.9. The third-order valence-electron chi connectivity index (χ3n) is 2.86. The van der Waals surface area contributed by atoms with Gasteiger partial charge in [-0.25, -0.2) is 4.68 Å². The van der Waals surface area contributed by atoms with Crippen LogP contribution in [-0.2, 0) is 4.79 Å². The van der Waals surface area contributed by atoms with E-state index in [1.165, 1.54) is 4.90 Å². The number of amides is 2. The normalized spacial score (nSPS) is 10.2. The molecule has 1 aromatic carbocycles. The van der Waals surface area contributed by atoms with Crippen LogP contribution in [0, 0.1) is 0 Å². The molecule has 7 heteroatoms. The Hall–Kier alpha value is -2.83. The highest BCUT2D eigenvalue weighted by Gasteiger charge is 2.12. The Labute approximate surface area is 122 Å². The molecule has 21 heavy (non-hydrogen) atoms. The van der Waals surface area contributed by atoms with Crippen molar-refractivity contribution >= 4 is 17.5 Å². The molecule has 0 atom stereocenters. The molecule has 0 spiro atoms. The Morgan fingerprint density at radius 2 is 2.10 bits per heavy atom. The van der Waals surface area contributed by atoms with E-state index < -0.39 is 5.91 Å². The van der Waals surface area contributed by atoms with Crippen molar-refractivity contribution in [1.29, 1.82) is 0 Å². The van der Waals surface area contributed by atoms with Gasteiger partial charge in [0, 0.05) is 26.0 Å². The molecule has 0 bridgehead atoms. The van der Waals surface area contributed by atoms with Crippen LogP contribution in [0.4, 0.5) is 5.69 Å². The summed E-state index contributed by atoms with van der Waals surface area (Å²) in [5.74, 6) is -0.577. The second-order valence-electron chi connectivity index (χ2n) is 4.71. The number of nitrogen functional groups attached to an aromatic ring is 1. The number of nitrogens with one attached hydrogen (secondary N) is 1. The van der Waals surface area contributed by atoms with E-state index in [2.05, 4.69) is 10.4 Å². The van der Waals surface area contributed by atoms with Crippen molar-refractivity contribution in [3.05, 3.63) is 42.2 Å². The smallest absolute Gasteiger partial charge is 0.272 e. The van der Waals surface area contributed by atoms with Gasteiger partial charge in [0.25, 0.3) is 5.91 Å². The quantitative estimate of drug-likeness (QED) is 0.789. The maximum atomic E-state index is 11.9. The fourth-order valence-corrected chi connectivity index (χ4v) is 1.66. The van der Waals surface area contributed by atoms with E-state index in [0.717, 1.165) is 5.69 Å². The molecule has 0 fully saturated rings. The van der Waals surface area contributed by atoms with Gasteiger partial charge in [-0.15, -0.1) is 0 Å². The number of anilines is 1. The maximum Gasteiger partial charge on any atom is 0.272 e. The molecule has 7 nitrogen and oxygen atoms in total. The molecule has 0 unspecified atom stereocenters. The molecule has 0 aliphatic rings. The van der Waals surface area contributed by atoms with Gasteiger partial charge >= 0.3 is 0 Å². The zero-order valence-corrected chi connectivity index (χ0v) is 11.9. The SMILES string of the molecule is CN(C)C(=O)CNC(=O)c1ccn(-c2cccc(N)c2)n1. The Bertz CT molecular complexity index is 663. The second kappa shape index (κ2) is 6.08. The molecule has 0 radical (unpaired) electrons. The van der Waals surface area contributed by atoms with Gasteiger partial charge in [-0.05, 0) is 24.3 Å². The third-order valence-corrected chi connectivity index (χ3v) is 2.86. The molecule has 2 aromatic rings. The second-order valence-corrected chi connectivity index (χ2v) is 4.71. The lowest BCUT2D eigenvalue weighted by molar-refractivity contribution is -0.127. The van der Waals surface area contributed by atoms with E-state index in [4.69, 9.17) is 5.73 Å². The highest BCUT2D eigenvalue weighted by Crippen LogP contribution is 2.11. The zero-order chi connectivity index (χ0) is 15.4. The largest absolute Gasteiger partial charge is 0.399 e. The number of hydrogen-bond donors (Lipinski definition) is 2. The van der Waals surface area contributed by atoms with Crippen LogP contribution in [0.25, 0.3) is 5.69 Å². The predicted octanol–water partition coefficient (Wildman–Crippen LogP) is 0.272. The lowest BCUT2D eigenvalue weighted by Gasteiger charge is -2.10. The van der Waals surface area contributed by atoms with Crippen LogP contribution >= 0.6 is 0 Å². The number of nitrogens with two attached hydrogens (primary N) is 1. The number of rotatable bonds is 4. The standard InChI is InChI=1S/C14H17N5O2/c1-18(2)13(20)9-16-14(21)12-6-7-19(17-12)11-5-3-4-10(15)8-11/h3-8H,9,15H2,1-2H3,(H,16,21). The first kappa shape index (κ1) is 14.6. The van der Waals surface area contributed by atoms with Crippen molar-refractivity contribution < 1.29 is 9.59 Å². The molecule has 1 aromatic heterocycles. The Kier molecular flexibility index (Phi) is 4.22. The van der Waals surface area contributed by atoms with Gasteiger partial charge in [0.1, 0.15) is 0 Å². The maximum absolute atomic E-state index is 11.9. The number of carbonyl (C=O) groups excluding carboxylic acids is 2. The third kappa shape index (κ3) is 3.59. The van der Waals surface area contributed by atoms with Gasteiger partial charge in [-0.1, -0.05) is 6.07 Å². The fourth-order valence-electron chi connectivity index (χ4n) is 1.66. The lowest BCUT2D eigenvalue weighted by atomic mass is 10.3. The monoisotopic (exact) mass is 287 g/mol. The highest BCUT2D eigenvalue weighted by atomic mass is 16.2. The van der Waals surface area contributed by atoms with E-state index in [1.54, 1.807) is 43.2 Å². The topological polar surface area (TPSA) is 93.2 Å². The number of nitrogens with zero attached hydrogens (tertiary/aromatic N) is 3. The summed E-state index contributed by atoms with van der Waals surface area (Å²) >= 11 is 0. The van der Waals surface area contributed by atoms with Crippen LogP contribution in [-0.4, -0.2) is 47.1 Å². The van der Waals surface area contributed by atoms with Crippen LogP contribution in [0.2, 0.25) is 0 Å². The van der Waals surface area contributed by atoms with Crippen LogP contribution in [0.3, 0.4) is 0 Å². The van der Waals surface area contributed by atoms with Gasteiger partial charge in [0.05, 0.1) is 12.2 Å². The number of hydrogen-bond acceptors (Lipinski definition) is 4. The van der Waals surface area contributed by atoms with Gasteiger partial charge in [0.2, 0.25) is 5.91 Å². The molecule has 0 aliphatic heterocycles. The van der Waals surface area contributed by atoms with E-state index in [-0.39, 0.29) is 18.1 Å². The molecule has 1 heterocycles. The molecule has 2 rings (SSSR count). The van der Waals surface area contributed by atoms with E-state index >= 15 is 0 Å². The summed E-state index contributed by atoms with van der Waals surface area (Å²) in [7, 11) is 3.26. The molecule has 3 N–H and O–H groups in total. The van der Waals surface area contributed by atoms with Crippen LogP contribution in [0.5, 0.6) is 0 Å². The van der Waals surface area contributed by atoms with Crippen molar-refractivity contribution in [3.8, 4) is 5.69 Å². The summed E-state index contributed by atoms with van der Waals surface area (Å²) in [6, 6.07) is 8.75. The average molecular weight is 287 g/mol. The summed E-state index contributed by atoms with van der Waals surface area (Å²) in [5, 5.41) is 6.69. The van der Waals surface area contributed by atoms with Crippen molar-refractivity contribution in [2.24, 2.45) is 0 Å². The molecule has 0 saturated carbocycles. The molecular weight excluding hydrogens is 270 g/mol. The minimum atomic E-state index is -0.396. The van der Waals surface area contributed by atoms with Crippen LogP contribution in [0.1, 0.15) is 10.5 Å². The summed E-state index contributed by atoms with van der Waals surface area (Å²) in [4.78, 5) is 24.7. The predicted molar refractivity (Wildman–Crippen MR) is 79.0 cm³/mol. The first-order valence-electron chi connectivity index (χ1n) is 6.37. The van der Waals surface area contributed by atoms with Crippen LogP contribution < -0.4 is 11.1 Å². The summed E-state index contributed by atoms with van der Waals surface area (Å²) < 4.78 is 1.55. The highest BCUT2D eigenvalue weighted by molar-refractivity contribution is 5.94. The summed E-state index contributed by atoms with van der Waals surface area (Å²) in [6.45, 7) is -0.0586. The van der Waals surface area contributed by atoms with Gasteiger partial charge < -0.3 is 16.0 Å². The van der Waals surface area contributed by atoms with Crippen LogP contribution in [0.15, 0.2) is 36.5 Å². The number of carbonyl (C=O) groups is 2. The van der Waals surface area contributed by atoms with Crippen molar-refractivity contribution in [1.82, 2.24) is 20.0 Å². The minimum absolute atomic E-state index is 0.0586. The van der Waals surface area contributed by atoms with Crippen molar-refractivity contribution in [3.63, 3.8) is 0 Å². The van der Waals surface area contributed by atoms with E-state index in [0.29, 0.717) is 5.69 Å². The minimum Gasteiger partial charge on any atom is -0.399 e. The summed E-state index contributed by atoms with van der Waals surface area (Å²) in [5.41, 5.74) is 7.33. The van der Waals surface area contributed by atoms with Gasteiger partial charge in [-0.2, -0.15) is 5.10 Å². The van der Waals surface area contributed by atoms with Crippen molar-refractivity contribution in [2.45, 2.75) is 0 Å². The molecule has 0 aliphatic carbocycles. The average Bonchev–Trinajstić information content (AvgIpc) is 2.94. The summed E-state index contributed by atoms with van der Waals surface area (Å²) in [6.07, 6.45) is 1.66. The number of aromatic nitrogens is 2. The Morgan fingerprint density at radius 1 is 1.33 bits per heavy atom. The molecule has 110 valence electrons. The Morgan fingerprint density at radius 3 is 2.76 bits per heavy atom. The Balaban J connectivity index is 2.06. The first-order chi connectivity index (χ1) is 9.97. The first-order valence-corrected chi connectivity index (χ1v) is 6.37. The van der Waals surface area contributed by atoms with E-state index in [1.807, 2.05) is 12.1 Å². The van der Waals surface area contributed by atoms with Gasteiger partial charge in [0.15, 0.2) is 5.69 Å². The number of benzene rings is 1. The van der Waals surface area contributed by atoms with Crippen molar-refractivity contribution in [2.75, 3.05) is 26.4 Å². The number of likely N-dealkylation sites (N-methyl/N-ethyl adjacent to an activating group) is 1. The molecule has 2 amide bonds. The van der Waals surface area contributed by atoms with E-state index in [9.17, 15) is 9.59 Å².